The highest BCUT2D eigenvalue weighted by Gasteiger charge is 2.30. The van der Waals surface area contributed by atoms with Crippen molar-refractivity contribution >= 4 is 23.2 Å². The minimum Gasteiger partial charge on any atom is -0.166 e. The molecule has 5 heteroatoms. The van der Waals surface area contributed by atoms with E-state index >= 15 is 0 Å². The Bertz CT molecular complexity index is 634. The molecule has 0 nitrogen and oxygen atoms in total. The van der Waals surface area contributed by atoms with Crippen LogP contribution in [0.15, 0.2) is 36.4 Å². The van der Waals surface area contributed by atoms with Gasteiger partial charge < -0.3 is 0 Å². The van der Waals surface area contributed by atoms with Crippen LogP contribution in [-0.4, -0.2) is 0 Å². The van der Waals surface area contributed by atoms with Crippen molar-refractivity contribution in [3.05, 3.63) is 68.7 Å². The minimum atomic E-state index is -4.35. The van der Waals surface area contributed by atoms with Crippen LogP contribution in [0, 0.1) is 6.92 Å². The molecular formula is C15H11Cl2F3. The summed E-state index contributed by atoms with van der Waals surface area (Å²) >= 11 is 12.0. The summed E-state index contributed by atoms with van der Waals surface area (Å²) in [6, 6.07) is 9.11. The van der Waals surface area contributed by atoms with Crippen LogP contribution in [-0.2, 0) is 12.6 Å². The summed E-state index contributed by atoms with van der Waals surface area (Å²) in [5.41, 5.74) is 1.18. The van der Waals surface area contributed by atoms with E-state index in [9.17, 15) is 13.2 Å². The molecule has 0 atom stereocenters. The Balaban J connectivity index is 2.39. The van der Waals surface area contributed by atoms with Crippen LogP contribution in [0.4, 0.5) is 13.2 Å². The standard InChI is InChI=1S/C15H11Cl2F3/c1-9-5-10(8-12(6-9)15(18,19)20)7-11-3-2-4-13(16)14(11)17/h2-6,8H,7H2,1H3. The molecule has 0 aromatic heterocycles. The number of alkyl halides is 3. The Morgan fingerprint density at radius 3 is 2.40 bits per heavy atom. The molecule has 2 aromatic carbocycles. The number of hydrogen-bond acceptors (Lipinski definition) is 0. The van der Waals surface area contributed by atoms with Crippen molar-refractivity contribution in [2.45, 2.75) is 19.5 Å². The average molecular weight is 319 g/mol. The zero-order valence-corrected chi connectivity index (χ0v) is 12.1. The lowest BCUT2D eigenvalue weighted by Crippen LogP contribution is -2.06. The Morgan fingerprint density at radius 2 is 1.75 bits per heavy atom. The summed E-state index contributed by atoms with van der Waals surface area (Å²) in [6.07, 6.45) is -4.04. The van der Waals surface area contributed by atoms with Crippen molar-refractivity contribution in [1.29, 1.82) is 0 Å². The predicted octanol–water partition coefficient (Wildman–Crippen LogP) is 5.91. The van der Waals surface area contributed by atoms with Gasteiger partial charge in [0.05, 0.1) is 15.6 Å². The fourth-order valence-corrected chi connectivity index (χ4v) is 2.42. The number of halogens is 5. The van der Waals surface area contributed by atoms with Crippen LogP contribution in [0.1, 0.15) is 22.3 Å². The van der Waals surface area contributed by atoms with Crippen molar-refractivity contribution in [3.8, 4) is 0 Å². The topological polar surface area (TPSA) is 0 Å². The molecule has 0 bridgehead atoms. The molecule has 0 heterocycles. The second kappa shape index (κ2) is 5.66. The molecule has 0 radical (unpaired) electrons. The molecule has 0 N–H and O–H groups in total. The molecule has 0 unspecified atom stereocenters. The van der Waals surface area contributed by atoms with Crippen LogP contribution in [0.2, 0.25) is 10.0 Å². The first-order chi connectivity index (χ1) is 9.27. The van der Waals surface area contributed by atoms with Gasteiger partial charge in [0.2, 0.25) is 0 Å². The lowest BCUT2D eigenvalue weighted by atomic mass is 10.00. The summed E-state index contributed by atoms with van der Waals surface area (Å²) in [4.78, 5) is 0. The van der Waals surface area contributed by atoms with Gasteiger partial charge in [-0.1, -0.05) is 47.0 Å². The van der Waals surface area contributed by atoms with Gasteiger partial charge >= 0.3 is 6.18 Å². The second-order valence-corrected chi connectivity index (χ2v) is 5.38. The number of rotatable bonds is 2. The van der Waals surface area contributed by atoms with Crippen LogP contribution < -0.4 is 0 Å². The van der Waals surface area contributed by atoms with Gasteiger partial charge in [0.25, 0.3) is 0 Å². The summed E-state index contributed by atoms with van der Waals surface area (Å²) in [5.74, 6) is 0. The van der Waals surface area contributed by atoms with Gasteiger partial charge in [0, 0.05) is 0 Å². The van der Waals surface area contributed by atoms with E-state index in [2.05, 4.69) is 0 Å². The molecule has 0 aliphatic carbocycles. The number of benzene rings is 2. The Labute approximate surface area is 125 Å². The normalized spacial score (nSPS) is 11.7. The molecule has 0 aliphatic heterocycles. The average Bonchev–Trinajstić information content (AvgIpc) is 2.33. The van der Waals surface area contributed by atoms with Gasteiger partial charge in [-0.3, -0.25) is 0 Å². The van der Waals surface area contributed by atoms with E-state index in [4.69, 9.17) is 23.2 Å². The largest absolute Gasteiger partial charge is 0.416 e. The van der Waals surface area contributed by atoms with Crippen molar-refractivity contribution in [1.82, 2.24) is 0 Å². The van der Waals surface area contributed by atoms with Gasteiger partial charge in [-0.25, -0.2) is 0 Å². The maximum Gasteiger partial charge on any atom is 0.416 e. The molecular weight excluding hydrogens is 308 g/mol. The first kappa shape index (κ1) is 15.2. The summed E-state index contributed by atoms with van der Waals surface area (Å²) in [6.45, 7) is 1.64. The van der Waals surface area contributed by atoms with E-state index < -0.39 is 11.7 Å². The zero-order chi connectivity index (χ0) is 14.9. The molecule has 0 aliphatic rings. The highest BCUT2D eigenvalue weighted by Crippen LogP contribution is 2.32. The Hall–Kier alpha value is -1.19. The number of aryl methyl sites for hydroxylation is 1. The highest BCUT2D eigenvalue weighted by atomic mass is 35.5. The quantitative estimate of drug-likeness (QED) is 0.645. The second-order valence-electron chi connectivity index (χ2n) is 4.59. The van der Waals surface area contributed by atoms with E-state index in [1.54, 1.807) is 31.2 Å². The lowest BCUT2D eigenvalue weighted by molar-refractivity contribution is -0.137. The third kappa shape index (κ3) is 3.47. The smallest absolute Gasteiger partial charge is 0.166 e. The van der Waals surface area contributed by atoms with E-state index in [0.717, 1.165) is 12.1 Å². The summed E-state index contributed by atoms with van der Waals surface area (Å²) in [5, 5.41) is 0.775. The predicted molar refractivity (Wildman–Crippen MR) is 75.4 cm³/mol. The molecule has 106 valence electrons. The van der Waals surface area contributed by atoms with E-state index in [-0.39, 0.29) is 0 Å². The molecule has 0 spiro atoms. The van der Waals surface area contributed by atoms with Crippen LogP contribution in [0.25, 0.3) is 0 Å². The van der Waals surface area contributed by atoms with Gasteiger partial charge in [0.15, 0.2) is 0 Å². The van der Waals surface area contributed by atoms with Gasteiger partial charge in [0.1, 0.15) is 0 Å². The molecule has 0 fully saturated rings. The first-order valence-corrected chi connectivity index (χ1v) is 6.63. The fraction of sp³-hybridized carbons (Fsp3) is 0.200. The molecule has 20 heavy (non-hydrogen) atoms. The van der Waals surface area contributed by atoms with Crippen LogP contribution in [0.3, 0.4) is 0 Å². The van der Waals surface area contributed by atoms with Crippen LogP contribution in [0.5, 0.6) is 0 Å². The van der Waals surface area contributed by atoms with E-state index in [0.29, 0.717) is 33.2 Å². The SMILES string of the molecule is Cc1cc(Cc2cccc(Cl)c2Cl)cc(C(F)(F)F)c1. The molecule has 0 saturated carbocycles. The molecule has 2 rings (SSSR count). The van der Waals surface area contributed by atoms with Crippen molar-refractivity contribution < 1.29 is 13.2 Å². The van der Waals surface area contributed by atoms with Crippen molar-refractivity contribution in [2.24, 2.45) is 0 Å². The maximum absolute atomic E-state index is 12.8. The fourth-order valence-electron chi connectivity index (χ4n) is 2.03. The zero-order valence-electron chi connectivity index (χ0n) is 10.6. The molecule has 2 aromatic rings. The van der Waals surface area contributed by atoms with E-state index in [1.165, 1.54) is 0 Å². The number of hydrogen-bond donors (Lipinski definition) is 0. The first-order valence-electron chi connectivity index (χ1n) is 5.88. The minimum absolute atomic E-state index is 0.310. The van der Waals surface area contributed by atoms with Gasteiger partial charge in [-0.2, -0.15) is 13.2 Å². The Morgan fingerprint density at radius 1 is 1.05 bits per heavy atom. The third-order valence-electron chi connectivity index (χ3n) is 2.89. The highest BCUT2D eigenvalue weighted by molar-refractivity contribution is 6.42. The van der Waals surface area contributed by atoms with E-state index in [1.807, 2.05) is 0 Å². The lowest BCUT2D eigenvalue weighted by Gasteiger charge is -2.11. The summed E-state index contributed by atoms with van der Waals surface area (Å²) in [7, 11) is 0. The van der Waals surface area contributed by atoms with Gasteiger partial charge in [-0.15, -0.1) is 0 Å². The monoisotopic (exact) mass is 318 g/mol. The van der Waals surface area contributed by atoms with Gasteiger partial charge in [-0.05, 0) is 42.7 Å². The molecule has 0 saturated heterocycles. The van der Waals surface area contributed by atoms with Crippen molar-refractivity contribution in [2.75, 3.05) is 0 Å². The molecule has 0 amide bonds. The third-order valence-corrected chi connectivity index (χ3v) is 3.75. The Kier molecular flexibility index (Phi) is 4.31. The maximum atomic E-state index is 12.8. The van der Waals surface area contributed by atoms with Crippen LogP contribution >= 0.6 is 23.2 Å². The van der Waals surface area contributed by atoms with Crippen molar-refractivity contribution in [3.63, 3.8) is 0 Å². The summed E-state index contributed by atoms with van der Waals surface area (Å²) < 4.78 is 38.3.